The van der Waals surface area contributed by atoms with Gasteiger partial charge in [-0.1, -0.05) is 13.8 Å². The quantitative estimate of drug-likeness (QED) is 0.650. The molecule has 0 aromatic rings. The lowest BCUT2D eigenvalue weighted by Crippen LogP contribution is -2.55. The van der Waals surface area contributed by atoms with Crippen LogP contribution in [0.4, 0.5) is 0 Å². The van der Waals surface area contributed by atoms with Crippen LogP contribution in [-0.4, -0.2) is 38.1 Å². The van der Waals surface area contributed by atoms with Gasteiger partial charge in [0, 0.05) is 19.1 Å². The summed E-state index contributed by atoms with van der Waals surface area (Å²) in [6.45, 7) is 7.12. The topological polar surface area (TPSA) is 15.3 Å². The third-order valence-electron chi connectivity index (χ3n) is 2.65. The Morgan fingerprint density at radius 2 is 1.91 bits per heavy atom. The molecule has 1 atom stereocenters. The van der Waals surface area contributed by atoms with E-state index in [9.17, 15) is 0 Å². The second-order valence-corrected chi connectivity index (χ2v) is 4.04. The fourth-order valence-corrected chi connectivity index (χ4v) is 2.09. The average molecular weight is 156 g/mol. The molecule has 1 rings (SSSR count). The SMILES string of the molecule is CNC(C(C)C)C1CN(C)C1. The van der Waals surface area contributed by atoms with Crippen molar-refractivity contribution in [2.75, 3.05) is 27.2 Å². The maximum atomic E-state index is 3.40. The first kappa shape index (κ1) is 9.01. The summed E-state index contributed by atoms with van der Waals surface area (Å²) in [4.78, 5) is 2.37. The average Bonchev–Trinajstić information content (AvgIpc) is 1.85. The van der Waals surface area contributed by atoms with Gasteiger partial charge in [-0.3, -0.25) is 0 Å². The molecule has 0 saturated carbocycles. The van der Waals surface area contributed by atoms with Gasteiger partial charge in [-0.05, 0) is 25.9 Å². The number of likely N-dealkylation sites (tertiary alicyclic amines) is 1. The van der Waals surface area contributed by atoms with Crippen LogP contribution in [0.25, 0.3) is 0 Å². The first-order valence-electron chi connectivity index (χ1n) is 4.51. The van der Waals surface area contributed by atoms with E-state index in [4.69, 9.17) is 0 Å². The molecule has 1 N–H and O–H groups in total. The fraction of sp³-hybridized carbons (Fsp3) is 1.00. The van der Waals surface area contributed by atoms with E-state index in [-0.39, 0.29) is 0 Å². The minimum absolute atomic E-state index is 0.714. The number of rotatable bonds is 3. The summed E-state index contributed by atoms with van der Waals surface area (Å²) in [7, 11) is 4.26. The third kappa shape index (κ3) is 1.94. The van der Waals surface area contributed by atoms with Crippen molar-refractivity contribution in [2.45, 2.75) is 19.9 Å². The van der Waals surface area contributed by atoms with Gasteiger partial charge >= 0.3 is 0 Å². The molecular formula is C9H20N2. The van der Waals surface area contributed by atoms with Gasteiger partial charge in [0.15, 0.2) is 0 Å². The van der Waals surface area contributed by atoms with E-state index in [2.05, 4.69) is 38.2 Å². The lowest BCUT2D eigenvalue weighted by Gasteiger charge is -2.42. The smallest absolute Gasteiger partial charge is 0.0140 e. The van der Waals surface area contributed by atoms with Crippen LogP contribution in [0.1, 0.15) is 13.8 Å². The van der Waals surface area contributed by atoms with Crippen molar-refractivity contribution in [3.8, 4) is 0 Å². The van der Waals surface area contributed by atoms with Crippen molar-refractivity contribution in [1.29, 1.82) is 0 Å². The lowest BCUT2D eigenvalue weighted by molar-refractivity contribution is 0.0851. The Morgan fingerprint density at radius 1 is 1.36 bits per heavy atom. The Bertz CT molecular complexity index is 117. The first-order chi connectivity index (χ1) is 5.15. The number of nitrogens with zero attached hydrogens (tertiary/aromatic N) is 1. The monoisotopic (exact) mass is 156 g/mol. The molecule has 0 aliphatic carbocycles. The standard InChI is InChI=1S/C9H20N2/c1-7(2)9(10-3)8-5-11(4)6-8/h7-10H,5-6H2,1-4H3. The highest BCUT2D eigenvalue weighted by Crippen LogP contribution is 2.21. The number of hydrogen-bond donors (Lipinski definition) is 1. The zero-order valence-corrected chi connectivity index (χ0v) is 8.09. The van der Waals surface area contributed by atoms with Crippen LogP contribution in [0, 0.1) is 11.8 Å². The molecule has 1 heterocycles. The highest BCUT2D eigenvalue weighted by Gasteiger charge is 2.31. The largest absolute Gasteiger partial charge is 0.316 e. The van der Waals surface area contributed by atoms with Crippen LogP contribution in [0.2, 0.25) is 0 Å². The van der Waals surface area contributed by atoms with Gasteiger partial charge in [-0.25, -0.2) is 0 Å². The first-order valence-corrected chi connectivity index (χ1v) is 4.51. The predicted molar refractivity (Wildman–Crippen MR) is 48.7 cm³/mol. The molecule has 0 aromatic carbocycles. The van der Waals surface area contributed by atoms with E-state index in [1.54, 1.807) is 0 Å². The molecule has 1 unspecified atom stereocenters. The Balaban J connectivity index is 2.32. The summed E-state index contributed by atoms with van der Waals surface area (Å²) in [6, 6.07) is 0.714. The molecular weight excluding hydrogens is 136 g/mol. The summed E-state index contributed by atoms with van der Waals surface area (Å²) in [5.41, 5.74) is 0. The molecule has 1 aliphatic heterocycles. The predicted octanol–water partition coefficient (Wildman–Crippen LogP) is 0.792. The number of nitrogens with one attached hydrogen (secondary N) is 1. The summed E-state index contributed by atoms with van der Waals surface area (Å²) in [5, 5.41) is 3.40. The van der Waals surface area contributed by atoms with Crippen molar-refractivity contribution in [2.24, 2.45) is 11.8 Å². The third-order valence-corrected chi connectivity index (χ3v) is 2.65. The van der Waals surface area contributed by atoms with Crippen LogP contribution in [-0.2, 0) is 0 Å². The van der Waals surface area contributed by atoms with E-state index < -0.39 is 0 Å². The summed E-state index contributed by atoms with van der Waals surface area (Å²) in [5.74, 6) is 1.64. The van der Waals surface area contributed by atoms with Gasteiger partial charge < -0.3 is 10.2 Å². The van der Waals surface area contributed by atoms with Gasteiger partial charge in [-0.15, -0.1) is 0 Å². The van der Waals surface area contributed by atoms with Crippen LogP contribution < -0.4 is 5.32 Å². The Labute approximate surface area is 70.0 Å². The van der Waals surface area contributed by atoms with E-state index in [1.165, 1.54) is 13.1 Å². The molecule has 1 aliphatic rings. The molecule has 66 valence electrons. The summed E-state index contributed by atoms with van der Waals surface area (Å²) < 4.78 is 0. The van der Waals surface area contributed by atoms with Gasteiger partial charge in [0.1, 0.15) is 0 Å². The van der Waals surface area contributed by atoms with Gasteiger partial charge in [-0.2, -0.15) is 0 Å². The molecule has 2 nitrogen and oxygen atoms in total. The van der Waals surface area contributed by atoms with Crippen molar-refractivity contribution >= 4 is 0 Å². The minimum atomic E-state index is 0.714. The van der Waals surface area contributed by atoms with Crippen molar-refractivity contribution in [3.63, 3.8) is 0 Å². The molecule has 1 fully saturated rings. The highest BCUT2D eigenvalue weighted by molar-refractivity contribution is 4.88. The van der Waals surface area contributed by atoms with Crippen LogP contribution in [0.5, 0.6) is 0 Å². The maximum Gasteiger partial charge on any atom is 0.0140 e. The van der Waals surface area contributed by atoms with Gasteiger partial charge in [0.2, 0.25) is 0 Å². The van der Waals surface area contributed by atoms with Crippen molar-refractivity contribution in [1.82, 2.24) is 10.2 Å². The van der Waals surface area contributed by atoms with Crippen LogP contribution in [0.3, 0.4) is 0 Å². The maximum absolute atomic E-state index is 3.40. The van der Waals surface area contributed by atoms with E-state index >= 15 is 0 Å². The molecule has 0 spiro atoms. The number of hydrogen-bond acceptors (Lipinski definition) is 2. The van der Waals surface area contributed by atoms with Crippen molar-refractivity contribution in [3.05, 3.63) is 0 Å². The van der Waals surface area contributed by atoms with Crippen molar-refractivity contribution < 1.29 is 0 Å². The molecule has 11 heavy (non-hydrogen) atoms. The Morgan fingerprint density at radius 3 is 2.18 bits per heavy atom. The minimum Gasteiger partial charge on any atom is -0.316 e. The highest BCUT2D eigenvalue weighted by atomic mass is 15.2. The summed E-state index contributed by atoms with van der Waals surface area (Å²) in [6.07, 6.45) is 0. The van der Waals surface area contributed by atoms with E-state index in [1.807, 2.05) is 0 Å². The fourth-order valence-electron chi connectivity index (χ4n) is 2.09. The molecule has 0 amide bonds. The van der Waals surface area contributed by atoms with Gasteiger partial charge in [0.25, 0.3) is 0 Å². The van der Waals surface area contributed by atoms with E-state index in [0.717, 1.165) is 11.8 Å². The van der Waals surface area contributed by atoms with Crippen LogP contribution >= 0.6 is 0 Å². The molecule has 0 radical (unpaired) electrons. The molecule has 0 bridgehead atoms. The molecule has 1 saturated heterocycles. The van der Waals surface area contributed by atoms with Gasteiger partial charge in [0.05, 0.1) is 0 Å². The molecule has 2 heteroatoms. The summed E-state index contributed by atoms with van der Waals surface area (Å²) >= 11 is 0. The Kier molecular flexibility index (Phi) is 2.90. The second kappa shape index (κ2) is 3.55. The normalized spacial score (nSPS) is 23.7. The van der Waals surface area contributed by atoms with Crippen LogP contribution in [0.15, 0.2) is 0 Å². The zero-order valence-electron chi connectivity index (χ0n) is 8.09. The molecule has 0 aromatic heterocycles. The lowest BCUT2D eigenvalue weighted by atomic mass is 9.85. The zero-order chi connectivity index (χ0) is 8.43. The van der Waals surface area contributed by atoms with E-state index in [0.29, 0.717) is 6.04 Å². The second-order valence-electron chi connectivity index (χ2n) is 4.04. The Hall–Kier alpha value is -0.0800.